The molecule has 3 heterocycles. The second-order valence-corrected chi connectivity index (χ2v) is 14.7. The molecule has 7 aromatic rings. The smallest absolute Gasteiger partial charge is 0.267 e. The van der Waals surface area contributed by atoms with Gasteiger partial charge in [-0.15, -0.1) is 10.2 Å². The van der Waals surface area contributed by atoms with Crippen LogP contribution in [-0.2, 0) is 15.8 Å². The van der Waals surface area contributed by atoms with E-state index in [1.54, 1.807) is 43.5 Å². The van der Waals surface area contributed by atoms with E-state index in [9.17, 15) is 13.2 Å². The second kappa shape index (κ2) is 14.0. The molecule has 4 aromatic carbocycles. The Morgan fingerprint density at radius 3 is 2.37 bits per heavy atom. The molecule has 7 rings (SSSR count). The summed E-state index contributed by atoms with van der Waals surface area (Å²) in [5.74, 6) is 2.45. The number of sulfonamides is 1. The highest BCUT2D eigenvalue weighted by atomic mass is 35.5. The van der Waals surface area contributed by atoms with Crippen LogP contribution >= 0.6 is 23.4 Å². The topological polar surface area (TPSA) is 126 Å². The van der Waals surface area contributed by atoms with Gasteiger partial charge in [0.2, 0.25) is 15.8 Å². The lowest BCUT2D eigenvalue weighted by atomic mass is 10.2. The van der Waals surface area contributed by atoms with E-state index in [-0.39, 0.29) is 16.2 Å². The fourth-order valence-electron chi connectivity index (χ4n) is 6.15. The van der Waals surface area contributed by atoms with Gasteiger partial charge in [0.1, 0.15) is 17.3 Å². The Labute approximate surface area is 303 Å². The Morgan fingerprint density at radius 1 is 0.882 bits per heavy atom. The van der Waals surface area contributed by atoms with Gasteiger partial charge in [-0.1, -0.05) is 49.3 Å². The predicted octanol–water partition coefficient (Wildman–Crippen LogP) is 6.76. The normalized spacial score (nSPS) is 12.0. The van der Waals surface area contributed by atoms with Gasteiger partial charge in [-0.25, -0.2) is 18.0 Å². The summed E-state index contributed by atoms with van der Waals surface area (Å²) in [7, 11) is -2.12. The van der Waals surface area contributed by atoms with Gasteiger partial charge in [-0.05, 0) is 79.7 Å². The third kappa shape index (κ3) is 6.11. The Balaban J connectivity index is 1.37. The van der Waals surface area contributed by atoms with Crippen molar-refractivity contribution in [2.24, 2.45) is 0 Å². The zero-order valence-electron chi connectivity index (χ0n) is 28.3. The molecule has 0 spiro atoms. The van der Waals surface area contributed by atoms with E-state index >= 15 is 0 Å². The van der Waals surface area contributed by atoms with Crippen molar-refractivity contribution in [2.75, 3.05) is 26.8 Å². The van der Waals surface area contributed by atoms with Gasteiger partial charge in [-0.2, -0.15) is 4.31 Å². The summed E-state index contributed by atoms with van der Waals surface area (Å²) >= 11 is 7.85. The maximum atomic E-state index is 13.9. The van der Waals surface area contributed by atoms with Crippen LogP contribution in [0.3, 0.4) is 0 Å². The molecule has 0 atom stereocenters. The van der Waals surface area contributed by atoms with Gasteiger partial charge >= 0.3 is 0 Å². The number of imidazole rings is 1. The Hall–Kier alpha value is -4.89. The molecule has 262 valence electrons. The van der Waals surface area contributed by atoms with Crippen LogP contribution in [0.25, 0.3) is 39.1 Å². The minimum absolute atomic E-state index is 0.166. The summed E-state index contributed by atoms with van der Waals surface area (Å²) in [6, 6.07) is 24.9. The molecule has 51 heavy (non-hydrogen) atoms. The van der Waals surface area contributed by atoms with Crippen molar-refractivity contribution in [3.05, 3.63) is 106 Å². The van der Waals surface area contributed by atoms with E-state index in [1.165, 1.54) is 20.6 Å². The lowest BCUT2D eigenvalue weighted by Gasteiger charge is -2.18. The van der Waals surface area contributed by atoms with Crippen LogP contribution < -0.4 is 15.0 Å². The highest BCUT2D eigenvalue weighted by Crippen LogP contribution is 2.35. The molecule has 0 N–H and O–H groups in total. The number of ether oxygens (including phenoxy) is 2. The molecular weight excluding hydrogens is 710 g/mol. The van der Waals surface area contributed by atoms with Crippen LogP contribution in [0.5, 0.6) is 11.5 Å². The maximum Gasteiger partial charge on any atom is 0.267 e. The second-order valence-electron chi connectivity index (χ2n) is 11.4. The molecule has 0 aliphatic carbocycles. The van der Waals surface area contributed by atoms with Crippen molar-refractivity contribution in [3.8, 4) is 22.9 Å². The lowest BCUT2D eigenvalue weighted by Crippen LogP contribution is -2.30. The molecule has 15 heteroatoms. The first kappa shape index (κ1) is 34.6. The number of fused-ring (bicyclic) bond motifs is 4. The quantitative estimate of drug-likeness (QED) is 0.125. The lowest BCUT2D eigenvalue weighted by molar-refractivity contribution is 0.340. The zero-order valence-corrected chi connectivity index (χ0v) is 30.7. The minimum atomic E-state index is -3.72. The molecule has 0 fully saturated rings. The van der Waals surface area contributed by atoms with Gasteiger partial charge in [-0.3, -0.25) is 13.8 Å². The van der Waals surface area contributed by atoms with Gasteiger partial charge < -0.3 is 9.47 Å². The number of hydrogen-bond acceptors (Lipinski definition) is 9. The minimum Gasteiger partial charge on any atom is -0.495 e. The molecule has 0 radical (unpaired) electrons. The maximum absolute atomic E-state index is 13.9. The SMILES string of the molecule is CCOc1ccc(-n2c(=O)c3ccc(Cl)cc3n3c(CSc4nc5cc(S(=O)(=O)N(CC)CC)ccc5n4-c4ccccc4OC)nnc23)cc1. The van der Waals surface area contributed by atoms with E-state index in [0.717, 1.165) is 5.69 Å². The first-order valence-electron chi connectivity index (χ1n) is 16.3. The molecule has 0 bridgehead atoms. The van der Waals surface area contributed by atoms with Crippen LogP contribution in [0.15, 0.2) is 99.8 Å². The van der Waals surface area contributed by atoms with Crippen molar-refractivity contribution in [3.63, 3.8) is 0 Å². The number of aromatic nitrogens is 6. The van der Waals surface area contributed by atoms with E-state index < -0.39 is 10.0 Å². The monoisotopic (exact) mass is 743 g/mol. The van der Waals surface area contributed by atoms with E-state index in [1.807, 2.05) is 78.3 Å². The van der Waals surface area contributed by atoms with Gasteiger partial charge in [0, 0.05) is 18.1 Å². The standard InChI is InChI=1S/C36H34ClN7O5S2/c1-5-41(6-2)51(46,47)26-17-19-29-28(21-26)38-36(43(29)30-10-8-9-11-32(30)48-4)50-22-33-39-40-35-42(24-13-15-25(16-14-24)49-7-3)34(45)27-18-12-23(37)20-31(27)44(33)35/h8-21H,5-7,22H2,1-4H3. The number of hydrogen-bond donors (Lipinski definition) is 0. The molecule has 0 unspecified atom stereocenters. The third-order valence-corrected chi connectivity index (χ3v) is 11.8. The summed E-state index contributed by atoms with van der Waals surface area (Å²) < 4.78 is 44.9. The number of thioether (sulfide) groups is 1. The van der Waals surface area contributed by atoms with Crippen molar-refractivity contribution in [1.82, 2.24) is 33.0 Å². The summed E-state index contributed by atoms with van der Waals surface area (Å²) in [5.41, 5.74) is 2.84. The number of methoxy groups -OCH3 is 1. The summed E-state index contributed by atoms with van der Waals surface area (Å²) in [5, 5.41) is 10.5. The molecule has 0 aliphatic rings. The first-order chi connectivity index (χ1) is 24.7. The van der Waals surface area contributed by atoms with Gasteiger partial charge in [0.05, 0.1) is 57.7 Å². The van der Waals surface area contributed by atoms with Crippen LogP contribution in [0.4, 0.5) is 0 Å². The van der Waals surface area contributed by atoms with Crippen LogP contribution in [0.2, 0.25) is 5.02 Å². The van der Waals surface area contributed by atoms with E-state index in [0.29, 0.717) is 80.6 Å². The van der Waals surface area contributed by atoms with E-state index in [2.05, 4.69) is 10.2 Å². The summed E-state index contributed by atoms with van der Waals surface area (Å²) in [6.07, 6.45) is 0. The molecule has 0 saturated carbocycles. The average molecular weight is 744 g/mol. The number of para-hydroxylation sites is 2. The third-order valence-electron chi connectivity index (χ3n) is 8.55. The molecule has 12 nitrogen and oxygen atoms in total. The molecule has 0 amide bonds. The van der Waals surface area contributed by atoms with E-state index in [4.69, 9.17) is 26.1 Å². The van der Waals surface area contributed by atoms with Crippen molar-refractivity contribution < 1.29 is 17.9 Å². The first-order valence-corrected chi connectivity index (χ1v) is 19.1. The zero-order chi connectivity index (χ0) is 35.9. The van der Waals surface area contributed by atoms with Crippen molar-refractivity contribution in [1.29, 1.82) is 0 Å². The molecular formula is C36H34ClN7O5S2. The summed E-state index contributed by atoms with van der Waals surface area (Å²) in [4.78, 5) is 19.0. The number of halogens is 1. The highest BCUT2D eigenvalue weighted by Gasteiger charge is 2.25. The number of rotatable bonds is 12. The highest BCUT2D eigenvalue weighted by molar-refractivity contribution is 7.98. The fourth-order valence-corrected chi connectivity index (χ4v) is 8.73. The molecule has 3 aromatic heterocycles. The predicted molar refractivity (Wildman–Crippen MR) is 200 cm³/mol. The van der Waals surface area contributed by atoms with Crippen molar-refractivity contribution >= 4 is 61.1 Å². The number of benzene rings is 4. The Morgan fingerprint density at radius 2 is 1.65 bits per heavy atom. The molecule has 0 saturated heterocycles. The fraction of sp³-hybridized carbons (Fsp3) is 0.222. The van der Waals surface area contributed by atoms with Crippen LogP contribution in [0, 0.1) is 0 Å². The average Bonchev–Trinajstić information content (AvgIpc) is 3.73. The Bertz CT molecular complexity index is 2580. The molecule has 0 aliphatic heterocycles. The van der Waals surface area contributed by atoms with Crippen LogP contribution in [0.1, 0.15) is 26.6 Å². The Kier molecular flexibility index (Phi) is 9.50. The van der Waals surface area contributed by atoms with Crippen LogP contribution in [-0.4, -0.2) is 68.2 Å². The largest absolute Gasteiger partial charge is 0.495 e. The van der Waals surface area contributed by atoms with Gasteiger partial charge in [0.15, 0.2) is 5.16 Å². The summed E-state index contributed by atoms with van der Waals surface area (Å²) in [6.45, 7) is 6.76. The number of nitrogens with zero attached hydrogens (tertiary/aromatic N) is 7. The van der Waals surface area contributed by atoms with Gasteiger partial charge in [0.25, 0.3) is 5.56 Å². The van der Waals surface area contributed by atoms with Crippen molar-refractivity contribution in [2.45, 2.75) is 36.6 Å².